The van der Waals surface area contributed by atoms with E-state index in [0.29, 0.717) is 0 Å². The summed E-state index contributed by atoms with van der Waals surface area (Å²) in [5.74, 6) is 0. The third-order valence-electron chi connectivity index (χ3n) is 6.85. The summed E-state index contributed by atoms with van der Waals surface area (Å²) in [6.45, 7) is 3.25. The number of halogens is 1. The van der Waals surface area contributed by atoms with Gasteiger partial charge >= 0.3 is 0 Å². The highest BCUT2D eigenvalue weighted by Gasteiger charge is 2.22. The normalized spacial score (nSPS) is 16.4. The molecule has 3 aromatic rings. The molecule has 1 aliphatic carbocycles. The van der Waals surface area contributed by atoms with Crippen molar-refractivity contribution in [2.75, 3.05) is 19.6 Å². The molecule has 5 rings (SSSR count). The molecule has 2 aliphatic rings. The molecule has 1 unspecified atom stereocenters. The molecule has 1 fully saturated rings. The SMILES string of the molecule is Cl.OC(CCCN1CCC(=C2c3ccccc3C=Cc3ccccc32)CC1)c1ccccc1. The summed E-state index contributed by atoms with van der Waals surface area (Å²) >= 11 is 0. The topological polar surface area (TPSA) is 23.5 Å². The Morgan fingerprint density at radius 1 is 0.727 bits per heavy atom. The number of hydrogen-bond donors (Lipinski definition) is 1. The van der Waals surface area contributed by atoms with Gasteiger partial charge in [0.15, 0.2) is 0 Å². The summed E-state index contributed by atoms with van der Waals surface area (Å²) in [6.07, 6.45) is 8.23. The number of benzene rings is 3. The minimum absolute atomic E-state index is 0. The van der Waals surface area contributed by atoms with Gasteiger partial charge in [0.25, 0.3) is 0 Å². The van der Waals surface area contributed by atoms with Crippen molar-refractivity contribution >= 4 is 30.1 Å². The van der Waals surface area contributed by atoms with E-state index < -0.39 is 0 Å². The van der Waals surface area contributed by atoms with Gasteiger partial charge in [-0.3, -0.25) is 0 Å². The molecule has 3 aromatic carbocycles. The predicted octanol–water partition coefficient (Wildman–Crippen LogP) is 7.00. The number of likely N-dealkylation sites (tertiary alicyclic amines) is 1. The molecule has 1 saturated heterocycles. The third kappa shape index (κ3) is 5.30. The van der Waals surface area contributed by atoms with Crippen LogP contribution in [0.15, 0.2) is 84.4 Å². The van der Waals surface area contributed by atoms with Gasteiger partial charge in [0, 0.05) is 13.1 Å². The average molecular weight is 458 g/mol. The largest absolute Gasteiger partial charge is 0.388 e. The molecule has 1 atom stereocenters. The molecule has 33 heavy (non-hydrogen) atoms. The zero-order chi connectivity index (χ0) is 21.8. The van der Waals surface area contributed by atoms with Crippen LogP contribution in [0.1, 0.15) is 59.6 Å². The molecule has 1 N–H and O–H groups in total. The number of fused-ring (bicyclic) bond motifs is 2. The van der Waals surface area contributed by atoms with E-state index in [4.69, 9.17) is 0 Å². The average Bonchev–Trinajstić information content (AvgIpc) is 3.02. The molecule has 3 heteroatoms. The van der Waals surface area contributed by atoms with Gasteiger partial charge < -0.3 is 10.0 Å². The lowest BCUT2D eigenvalue weighted by Crippen LogP contribution is -2.32. The molecule has 0 amide bonds. The molecule has 0 bridgehead atoms. The number of aliphatic hydroxyl groups is 1. The second-order valence-electron chi connectivity index (χ2n) is 8.90. The molecule has 1 aliphatic heterocycles. The van der Waals surface area contributed by atoms with Gasteiger partial charge in [-0.05, 0) is 65.6 Å². The Labute approximate surface area is 203 Å². The predicted molar refractivity (Wildman–Crippen MR) is 141 cm³/mol. The maximum atomic E-state index is 10.4. The fraction of sp³-hybridized carbons (Fsp3) is 0.267. The summed E-state index contributed by atoms with van der Waals surface area (Å²) in [6, 6.07) is 27.6. The van der Waals surface area contributed by atoms with Crippen LogP contribution in [-0.4, -0.2) is 29.6 Å². The second-order valence-corrected chi connectivity index (χ2v) is 8.90. The van der Waals surface area contributed by atoms with E-state index in [-0.39, 0.29) is 18.5 Å². The van der Waals surface area contributed by atoms with Gasteiger partial charge in [0.1, 0.15) is 0 Å². The van der Waals surface area contributed by atoms with Crippen molar-refractivity contribution in [1.82, 2.24) is 4.90 Å². The minimum atomic E-state index is -0.356. The first-order chi connectivity index (χ1) is 15.8. The van der Waals surface area contributed by atoms with Crippen LogP contribution in [0.3, 0.4) is 0 Å². The number of piperidine rings is 1. The van der Waals surface area contributed by atoms with E-state index in [1.807, 2.05) is 30.3 Å². The van der Waals surface area contributed by atoms with Gasteiger partial charge in [-0.15, -0.1) is 12.4 Å². The number of nitrogens with zero attached hydrogens (tertiary/aromatic N) is 1. The standard InChI is InChI=1S/C30H31NO.ClH/c32-29(25-11-2-1-3-12-25)15-8-20-31-21-18-26(19-22-31)30-27-13-6-4-9-23(27)16-17-24-10-5-7-14-28(24)30;/h1-7,9-14,16-17,29,32H,8,15,18-22H2;1H. The van der Waals surface area contributed by atoms with E-state index in [1.165, 1.54) is 27.8 Å². The highest BCUT2D eigenvalue weighted by Crippen LogP contribution is 2.38. The Hall–Kier alpha value is -2.65. The minimum Gasteiger partial charge on any atom is -0.388 e. The number of hydrogen-bond acceptors (Lipinski definition) is 2. The van der Waals surface area contributed by atoms with Crippen LogP contribution in [-0.2, 0) is 0 Å². The fourth-order valence-electron chi connectivity index (χ4n) is 5.09. The lowest BCUT2D eigenvalue weighted by atomic mass is 9.86. The first-order valence-electron chi connectivity index (χ1n) is 11.8. The summed E-state index contributed by atoms with van der Waals surface area (Å²) < 4.78 is 0. The van der Waals surface area contributed by atoms with Crippen molar-refractivity contribution < 1.29 is 5.11 Å². The molecule has 0 saturated carbocycles. The van der Waals surface area contributed by atoms with Crippen molar-refractivity contribution in [2.24, 2.45) is 0 Å². The highest BCUT2D eigenvalue weighted by atomic mass is 35.5. The second kappa shape index (κ2) is 11.0. The van der Waals surface area contributed by atoms with E-state index in [0.717, 1.165) is 50.9 Å². The van der Waals surface area contributed by atoms with E-state index in [2.05, 4.69) is 65.6 Å². The van der Waals surface area contributed by atoms with Gasteiger partial charge in [0.2, 0.25) is 0 Å². The maximum absolute atomic E-state index is 10.4. The van der Waals surface area contributed by atoms with Gasteiger partial charge in [-0.1, -0.05) is 96.6 Å². The summed E-state index contributed by atoms with van der Waals surface area (Å²) in [5.41, 5.74) is 9.39. The Morgan fingerprint density at radius 2 is 1.27 bits per heavy atom. The van der Waals surface area contributed by atoms with Crippen LogP contribution in [0.2, 0.25) is 0 Å². The lowest BCUT2D eigenvalue weighted by molar-refractivity contribution is 0.153. The summed E-state index contributed by atoms with van der Waals surface area (Å²) in [5, 5.41) is 10.4. The Bertz CT molecular complexity index is 1070. The van der Waals surface area contributed by atoms with Crippen LogP contribution in [0.4, 0.5) is 0 Å². The quantitative estimate of drug-likeness (QED) is 0.348. The zero-order valence-electron chi connectivity index (χ0n) is 19.0. The molecule has 170 valence electrons. The third-order valence-corrected chi connectivity index (χ3v) is 6.85. The molecule has 1 heterocycles. The van der Waals surface area contributed by atoms with Crippen LogP contribution in [0.5, 0.6) is 0 Å². The van der Waals surface area contributed by atoms with Crippen molar-refractivity contribution in [1.29, 1.82) is 0 Å². The van der Waals surface area contributed by atoms with Crippen LogP contribution < -0.4 is 0 Å². The maximum Gasteiger partial charge on any atom is 0.0790 e. The molecule has 0 spiro atoms. The molecule has 0 radical (unpaired) electrons. The van der Waals surface area contributed by atoms with Gasteiger partial charge in [-0.25, -0.2) is 0 Å². The molecule has 0 aromatic heterocycles. The molecular formula is C30H32ClNO. The zero-order valence-corrected chi connectivity index (χ0v) is 19.8. The van der Waals surface area contributed by atoms with Crippen molar-refractivity contribution in [3.05, 3.63) is 112 Å². The lowest BCUT2D eigenvalue weighted by Gasteiger charge is -2.30. The smallest absolute Gasteiger partial charge is 0.0790 e. The van der Waals surface area contributed by atoms with E-state index in [9.17, 15) is 5.11 Å². The van der Waals surface area contributed by atoms with Crippen molar-refractivity contribution in [2.45, 2.75) is 31.8 Å². The van der Waals surface area contributed by atoms with E-state index >= 15 is 0 Å². The number of rotatable bonds is 5. The van der Waals surface area contributed by atoms with E-state index in [1.54, 1.807) is 5.57 Å². The summed E-state index contributed by atoms with van der Waals surface area (Å²) in [4.78, 5) is 2.56. The van der Waals surface area contributed by atoms with Crippen molar-refractivity contribution in [3.8, 4) is 0 Å². The first kappa shape index (κ1) is 23.5. The van der Waals surface area contributed by atoms with Crippen LogP contribution in [0, 0.1) is 0 Å². The Balaban J connectivity index is 0.00000259. The van der Waals surface area contributed by atoms with Gasteiger partial charge in [0.05, 0.1) is 6.10 Å². The Kier molecular flexibility index (Phi) is 7.82. The highest BCUT2D eigenvalue weighted by molar-refractivity contribution is 5.94. The molecular weight excluding hydrogens is 426 g/mol. The number of aliphatic hydroxyl groups excluding tert-OH is 1. The first-order valence-corrected chi connectivity index (χ1v) is 11.8. The molecule has 2 nitrogen and oxygen atoms in total. The monoisotopic (exact) mass is 457 g/mol. The van der Waals surface area contributed by atoms with Crippen molar-refractivity contribution in [3.63, 3.8) is 0 Å². The summed E-state index contributed by atoms with van der Waals surface area (Å²) in [7, 11) is 0. The van der Waals surface area contributed by atoms with Gasteiger partial charge in [-0.2, -0.15) is 0 Å². The fourth-order valence-corrected chi connectivity index (χ4v) is 5.09. The van der Waals surface area contributed by atoms with Crippen LogP contribution in [0.25, 0.3) is 17.7 Å². The Morgan fingerprint density at radius 3 is 1.88 bits per heavy atom. The van der Waals surface area contributed by atoms with Crippen LogP contribution >= 0.6 is 12.4 Å².